The Bertz CT molecular complexity index is 1360. The highest BCUT2D eigenvalue weighted by Gasteiger charge is 2.39. The number of pyridine rings is 2. The van der Waals surface area contributed by atoms with Crippen molar-refractivity contribution in [2.24, 2.45) is 12.5 Å². The molecule has 10 heteroatoms. The third-order valence-electron chi connectivity index (χ3n) is 7.26. The lowest BCUT2D eigenvalue weighted by molar-refractivity contribution is 0.232. The number of nitrogens with zero attached hydrogens (tertiary/aromatic N) is 7. The maximum Gasteiger partial charge on any atom is 0.128 e. The Morgan fingerprint density at radius 2 is 1.80 bits per heavy atom. The van der Waals surface area contributed by atoms with Crippen molar-refractivity contribution in [3.63, 3.8) is 0 Å². The zero-order valence-corrected chi connectivity index (χ0v) is 21.1. The third-order valence-corrected chi connectivity index (χ3v) is 7.26. The summed E-state index contributed by atoms with van der Waals surface area (Å²) < 4.78 is 3.57. The molecule has 6 heterocycles. The molecule has 182 valence electrons. The third kappa shape index (κ3) is 4.47. The SMILES string of the molecule is Cl.Cl.Cn1cc(-c2cc(-c3ccc(N4CCC5(CCNCC5)C4)nc3)c3c(C#N)cnn3c2)cn1. The minimum atomic E-state index is 0. The molecule has 0 aliphatic carbocycles. The van der Waals surface area contributed by atoms with E-state index in [2.05, 4.69) is 44.7 Å². The standard InChI is InChI=1S/C25H26N8.2ClH/c1-31-15-21(14-29-31)19-10-22(24-20(11-26)13-30-33(24)16-19)18-2-3-23(28-12-18)32-9-6-25(17-32)4-7-27-8-5-25;;/h2-3,10,12-16,27H,4-9,17H2,1H3;2*1H. The molecule has 0 saturated carbocycles. The van der Waals surface area contributed by atoms with Gasteiger partial charge in [0.2, 0.25) is 0 Å². The Morgan fingerprint density at radius 3 is 2.49 bits per heavy atom. The van der Waals surface area contributed by atoms with Crippen LogP contribution in [-0.2, 0) is 7.05 Å². The van der Waals surface area contributed by atoms with Gasteiger partial charge in [0.25, 0.3) is 0 Å². The summed E-state index contributed by atoms with van der Waals surface area (Å²) in [5.74, 6) is 1.03. The van der Waals surface area contributed by atoms with Crippen LogP contribution in [0.25, 0.3) is 27.8 Å². The second-order valence-electron chi connectivity index (χ2n) is 9.33. The largest absolute Gasteiger partial charge is 0.356 e. The molecule has 0 unspecified atom stereocenters. The molecule has 6 rings (SSSR count). The lowest BCUT2D eigenvalue weighted by atomic mass is 9.78. The van der Waals surface area contributed by atoms with E-state index >= 15 is 0 Å². The first kappa shape index (κ1) is 25.0. The number of fused-ring (bicyclic) bond motifs is 1. The molecule has 1 spiro atoms. The van der Waals surface area contributed by atoms with E-state index in [0.29, 0.717) is 11.0 Å². The van der Waals surface area contributed by atoms with E-state index in [4.69, 9.17) is 4.98 Å². The quantitative estimate of drug-likeness (QED) is 0.446. The second-order valence-corrected chi connectivity index (χ2v) is 9.33. The van der Waals surface area contributed by atoms with Crippen molar-refractivity contribution < 1.29 is 0 Å². The van der Waals surface area contributed by atoms with Crippen LogP contribution in [0.1, 0.15) is 24.8 Å². The number of rotatable bonds is 3. The number of anilines is 1. The lowest BCUT2D eigenvalue weighted by Crippen LogP contribution is -2.38. The van der Waals surface area contributed by atoms with Crippen LogP contribution in [0.2, 0.25) is 0 Å². The molecule has 4 aromatic heterocycles. The molecule has 2 aliphatic rings. The summed E-state index contributed by atoms with van der Waals surface area (Å²) in [6.07, 6.45) is 13.1. The number of aryl methyl sites for hydroxylation is 1. The summed E-state index contributed by atoms with van der Waals surface area (Å²) in [6.45, 7) is 4.39. The fourth-order valence-electron chi connectivity index (χ4n) is 5.38. The number of aromatic nitrogens is 5. The van der Waals surface area contributed by atoms with Gasteiger partial charge in [-0.1, -0.05) is 0 Å². The molecule has 0 aromatic carbocycles. The van der Waals surface area contributed by atoms with E-state index in [0.717, 1.165) is 59.8 Å². The molecule has 2 aliphatic heterocycles. The molecule has 2 fully saturated rings. The molecule has 4 aromatic rings. The Hall–Kier alpha value is -3.12. The van der Waals surface area contributed by atoms with Gasteiger partial charge >= 0.3 is 0 Å². The minimum absolute atomic E-state index is 0. The Labute approximate surface area is 216 Å². The van der Waals surface area contributed by atoms with Crippen LogP contribution in [0.15, 0.2) is 49.2 Å². The second kappa shape index (κ2) is 9.86. The van der Waals surface area contributed by atoms with Gasteiger partial charge in [-0.25, -0.2) is 9.50 Å². The zero-order chi connectivity index (χ0) is 22.4. The first-order chi connectivity index (χ1) is 16.1. The van der Waals surface area contributed by atoms with Crippen molar-refractivity contribution in [2.45, 2.75) is 19.3 Å². The highest BCUT2D eigenvalue weighted by molar-refractivity contribution is 5.87. The number of hydrogen-bond donors (Lipinski definition) is 1. The summed E-state index contributed by atoms with van der Waals surface area (Å²) in [4.78, 5) is 7.28. The van der Waals surface area contributed by atoms with E-state index in [1.165, 1.54) is 19.3 Å². The molecule has 0 atom stereocenters. The van der Waals surface area contributed by atoms with Crippen LogP contribution in [0, 0.1) is 16.7 Å². The minimum Gasteiger partial charge on any atom is -0.356 e. The fraction of sp³-hybridized carbons (Fsp3) is 0.360. The van der Waals surface area contributed by atoms with Crippen molar-refractivity contribution in [2.75, 3.05) is 31.1 Å². The fourth-order valence-corrected chi connectivity index (χ4v) is 5.38. The van der Waals surface area contributed by atoms with Crippen LogP contribution in [-0.4, -0.2) is 50.6 Å². The number of nitriles is 1. The average Bonchev–Trinajstić information content (AvgIpc) is 3.58. The van der Waals surface area contributed by atoms with Crippen molar-refractivity contribution in [1.82, 2.24) is 29.7 Å². The van der Waals surface area contributed by atoms with Crippen LogP contribution in [0.5, 0.6) is 0 Å². The maximum atomic E-state index is 9.65. The van der Waals surface area contributed by atoms with Gasteiger partial charge in [0, 0.05) is 61.0 Å². The summed E-state index contributed by atoms with van der Waals surface area (Å²) in [7, 11) is 1.90. The van der Waals surface area contributed by atoms with Gasteiger partial charge in [-0.2, -0.15) is 15.5 Å². The van der Waals surface area contributed by atoms with Crippen molar-refractivity contribution in [3.05, 3.63) is 54.7 Å². The topological polar surface area (TPSA) is 87.1 Å². The Morgan fingerprint density at radius 1 is 0.971 bits per heavy atom. The zero-order valence-electron chi connectivity index (χ0n) is 19.5. The molecule has 0 radical (unpaired) electrons. The first-order valence-corrected chi connectivity index (χ1v) is 11.5. The summed E-state index contributed by atoms with van der Waals surface area (Å²) in [5, 5.41) is 21.9. The first-order valence-electron chi connectivity index (χ1n) is 11.5. The summed E-state index contributed by atoms with van der Waals surface area (Å²) in [6, 6.07) is 8.62. The van der Waals surface area contributed by atoms with Gasteiger partial charge < -0.3 is 10.2 Å². The van der Waals surface area contributed by atoms with Crippen LogP contribution >= 0.6 is 24.8 Å². The molecule has 8 nitrogen and oxygen atoms in total. The molecule has 1 N–H and O–H groups in total. The molecule has 0 amide bonds. The van der Waals surface area contributed by atoms with Gasteiger partial charge in [-0.05, 0) is 56.0 Å². The van der Waals surface area contributed by atoms with E-state index in [1.54, 1.807) is 15.4 Å². The summed E-state index contributed by atoms with van der Waals surface area (Å²) >= 11 is 0. The van der Waals surface area contributed by atoms with Crippen molar-refractivity contribution >= 4 is 36.1 Å². The molecule has 2 saturated heterocycles. The van der Waals surface area contributed by atoms with Crippen LogP contribution in [0.3, 0.4) is 0 Å². The molecule has 0 bridgehead atoms. The van der Waals surface area contributed by atoms with Gasteiger partial charge in [-0.15, -0.1) is 24.8 Å². The highest BCUT2D eigenvalue weighted by Crippen LogP contribution is 2.40. The molecule has 35 heavy (non-hydrogen) atoms. The van der Waals surface area contributed by atoms with E-state index in [9.17, 15) is 5.26 Å². The predicted octanol–water partition coefficient (Wildman–Crippen LogP) is 4.09. The summed E-state index contributed by atoms with van der Waals surface area (Å²) in [5.41, 5.74) is 5.71. The van der Waals surface area contributed by atoms with Gasteiger partial charge in [0.15, 0.2) is 0 Å². The lowest BCUT2D eigenvalue weighted by Gasteiger charge is -2.33. The smallest absolute Gasteiger partial charge is 0.128 e. The van der Waals surface area contributed by atoms with Crippen molar-refractivity contribution in [3.8, 4) is 28.3 Å². The number of halogens is 2. The molecular formula is C25H28Cl2N8. The van der Waals surface area contributed by atoms with E-state index < -0.39 is 0 Å². The van der Waals surface area contributed by atoms with Gasteiger partial charge in [0.1, 0.15) is 11.9 Å². The Kier molecular flexibility index (Phi) is 7.04. The van der Waals surface area contributed by atoms with E-state index in [1.807, 2.05) is 31.8 Å². The maximum absolute atomic E-state index is 9.65. The molecular weight excluding hydrogens is 483 g/mol. The predicted molar refractivity (Wildman–Crippen MR) is 141 cm³/mol. The highest BCUT2D eigenvalue weighted by atomic mass is 35.5. The van der Waals surface area contributed by atoms with Crippen LogP contribution < -0.4 is 10.2 Å². The van der Waals surface area contributed by atoms with Crippen LogP contribution in [0.4, 0.5) is 5.82 Å². The number of piperidine rings is 1. The normalized spacial score (nSPS) is 16.6. The average molecular weight is 511 g/mol. The van der Waals surface area contributed by atoms with Crippen molar-refractivity contribution in [1.29, 1.82) is 5.26 Å². The van der Waals surface area contributed by atoms with E-state index in [-0.39, 0.29) is 24.8 Å². The number of nitrogens with one attached hydrogen (secondary N) is 1. The Balaban J connectivity index is 0.00000144. The van der Waals surface area contributed by atoms with Gasteiger partial charge in [-0.3, -0.25) is 4.68 Å². The number of hydrogen-bond acceptors (Lipinski definition) is 6. The van der Waals surface area contributed by atoms with Gasteiger partial charge in [0.05, 0.1) is 23.5 Å². The monoisotopic (exact) mass is 510 g/mol.